The van der Waals surface area contributed by atoms with Gasteiger partial charge in [-0.25, -0.2) is 0 Å². The first-order valence-corrected chi connectivity index (χ1v) is 8.87. The quantitative estimate of drug-likeness (QED) is 0.825. The molecule has 3 saturated carbocycles. The Bertz CT molecular complexity index is 341. The lowest BCUT2D eigenvalue weighted by atomic mass is 9.68. The topological polar surface area (TPSA) is 15.3 Å². The first kappa shape index (κ1) is 14.8. The third kappa shape index (κ3) is 2.43. The molecule has 0 aromatic heterocycles. The monoisotopic (exact) mass is 278 g/mol. The second kappa shape index (κ2) is 5.28. The molecule has 3 fully saturated rings. The summed E-state index contributed by atoms with van der Waals surface area (Å²) in [5, 5.41) is 3.96. The highest BCUT2D eigenvalue weighted by Gasteiger charge is 2.58. The summed E-state index contributed by atoms with van der Waals surface area (Å²) in [5.41, 5.74) is 1.07. The van der Waals surface area contributed by atoms with Crippen LogP contribution in [-0.2, 0) is 0 Å². The van der Waals surface area contributed by atoms with Crippen molar-refractivity contribution in [3.8, 4) is 0 Å². The zero-order valence-corrected chi connectivity index (χ0v) is 14.0. The molecule has 3 aliphatic carbocycles. The Kier molecular flexibility index (Phi) is 3.92. The van der Waals surface area contributed by atoms with E-state index < -0.39 is 0 Å². The number of nitrogens with one attached hydrogen (secondary N) is 1. The number of nitrogens with zero attached hydrogens (tertiary/aromatic N) is 1. The SMILES string of the molecule is CN(CCNC1C2(C)CCC(C2)C1(C)C)C1CCCC1. The summed E-state index contributed by atoms with van der Waals surface area (Å²) in [5.74, 6) is 0.956. The van der Waals surface area contributed by atoms with Gasteiger partial charge in [0.1, 0.15) is 0 Å². The summed E-state index contributed by atoms with van der Waals surface area (Å²) in [6.45, 7) is 9.92. The molecule has 3 rings (SSSR count). The van der Waals surface area contributed by atoms with E-state index in [1.807, 2.05) is 0 Å². The van der Waals surface area contributed by atoms with Gasteiger partial charge in [0.05, 0.1) is 0 Å². The van der Waals surface area contributed by atoms with Gasteiger partial charge in [-0.05, 0) is 55.9 Å². The minimum absolute atomic E-state index is 0.499. The molecule has 0 spiro atoms. The molecule has 0 aliphatic heterocycles. The molecule has 20 heavy (non-hydrogen) atoms. The van der Waals surface area contributed by atoms with Gasteiger partial charge in [-0.2, -0.15) is 0 Å². The molecule has 3 atom stereocenters. The maximum Gasteiger partial charge on any atom is 0.0175 e. The van der Waals surface area contributed by atoms with Crippen LogP contribution in [0.1, 0.15) is 65.7 Å². The van der Waals surface area contributed by atoms with Crippen LogP contribution in [0.3, 0.4) is 0 Å². The third-order valence-electron chi connectivity index (χ3n) is 7.03. The molecule has 0 heterocycles. The fourth-order valence-electron chi connectivity index (χ4n) is 5.72. The van der Waals surface area contributed by atoms with Crippen LogP contribution in [-0.4, -0.2) is 37.1 Å². The highest BCUT2D eigenvalue weighted by atomic mass is 15.1. The molecule has 2 heteroatoms. The maximum atomic E-state index is 3.96. The minimum atomic E-state index is 0.499. The summed E-state index contributed by atoms with van der Waals surface area (Å²) in [6.07, 6.45) is 10.1. The molecule has 3 unspecified atom stereocenters. The van der Waals surface area contributed by atoms with E-state index in [1.54, 1.807) is 0 Å². The predicted molar refractivity (Wildman–Crippen MR) is 85.9 cm³/mol. The van der Waals surface area contributed by atoms with E-state index >= 15 is 0 Å². The van der Waals surface area contributed by atoms with Crippen molar-refractivity contribution in [2.45, 2.75) is 77.8 Å². The second-order valence-corrected chi connectivity index (χ2v) is 8.72. The first-order chi connectivity index (χ1) is 9.43. The Morgan fingerprint density at radius 2 is 1.80 bits per heavy atom. The van der Waals surface area contributed by atoms with Crippen molar-refractivity contribution in [1.82, 2.24) is 10.2 Å². The lowest BCUT2D eigenvalue weighted by Crippen LogP contribution is -2.52. The van der Waals surface area contributed by atoms with Gasteiger partial charge >= 0.3 is 0 Å². The lowest BCUT2D eigenvalue weighted by Gasteiger charge is -2.43. The number of rotatable bonds is 5. The van der Waals surface area contributed by atoms with E-state index in [9.17, 15) is 0 Å². The van der Waals surface area contributed by atoms with Crippen LogP contribution in [0, 0.1) is 16.7 Å². The molecule has 3 aliphatic rings. The van der Waals surface area contributed by atoms with E-state index in [-0.39, 0.29) is 0 Å². The van der Waals surface area contributed by atoms with Crippen LogP contribution >= 0.6 is 0 Å². The van der Waals surface area contributed by atoms with Crippen LogP contribution in [0.15, 0.2) is 0 Å². The smallest absolute Gasteiger partial charge is 0.0175 e. The van der Waals surface area contributed by atoms with Crippen LogP contribution in [0.4, 0.5) is 0 Å². The first-order valence-electron chi connectivity index (χ1n) is 8.87. The summed E-state index contributed by atoms with van der Waals surface area (Å²) >= 11 is 0. The van der Waals surface area contributed by atoms with Crippen molar-refractivity contribution < 1.29 is 0 Å². The molecule has 2 nitrogen and oxygen atoms in total. The number of hydrogen-bond donors (Lipinski definition) is 1. The van der Waals surface area contributed by atoms with Gasteiger partial charge in [-0.3, -0.25) is 0 Å². The largest absolute Gasteiger partial charge is 0.312 e. The summed E-state index contributed by atoms with van der Waals surface area (Å²) in [4.78, 5) is 2.60. The molecule has 0 aromatic carbocycles. The van der Waals surface area contributed by atoms with Gasteiger partial charge < -0.3 is 10.2 Å². The van der Waals surface area contributed by atoms with Gasteiger partial charge in [0, 0.05) is 25.2 Å². The van der Waals surface area contributed by atoms with Crippen LogP contribution in [0.25, 0.3) is 0 Å². The van der Waals surface area contributed by atoms with E-state index in [0.717, 1.165) is 18.0 Å². The summed E-state index contributed by atoms with van der Waals surface area (Å²) < 4.78 is 0. The Labute approximate surface area is 125 Å². The van der Waals surface area contributed by atoms with Crippen LogP contribution in [0.2, 0.25) is 0 Å². The van der Waals surface area contributed by atoms with Crippen molar-refractivity contribution in [2.75, 3.05) is 20.1 Å². The Balaban J connectivity index is 1.50. The average molecular weight is 278 g/mol. The van der Waals surface area contributed by atoms with Crippen molar-refractivity contribution in [3.63, 3.8) is 0 Å². The van der Waals surface area contributed by atoms with Gasteiger partial charge in [-0.15, -0.1) is 0 Å². The van der Waals surface area contributed by atoms with Gasteiger partial charge in [0.15, 0.2) is 0 Å². The zero-order valence-electron chi connectivity index (χ0n) is 14.0. The third-order valence-corrected chi connectivity index (χ3v) is 7.03. The highest BCUT2D eigenvalue weighted by Crippen LogP contribution is 2.62. The second-order valence-electron chi connectivity index (χ2n) is 8.72. The van der Waals surface area contributed by atoms with Crippen molar-refractivity contribution in [3.05, 3.63) is 0 Å². The molecule has 116 valence electrons. The molecule has 0 amide bonds. The predicted octanol–water partition coefficient (Wildman–Crippen LogP) is 3.67. The summed E-state index contributed by atoms with van der Waals surface area (Å²) in [6, 6.07) is 1.59. The van der Waals surface area contributed by atoms with Crippen LogP contribution < -0.4 is 5.32 Å². The summed E-state index contributed by atoms with van der Waals surface area (Å²) in [7, 11) is 2.32. The Morgan fingerprint density at radius 1 is 1.10 bits per heavy atom. The number of fused-ring (bicyclic) bond motifs is 2. The molecular weight excluding hydrogens is 244 g/mol. The molecule has 0 aromatic rings. The molecule has 0 radical (unpaired) electrons. The van der Waals surface area contributed by atoms with E-state index in [2.05, 4.69) is 38.0 Å². The van der Waals surface area contributed by atoms with Crippen molar-refractivity contribution >= 4 is 0 Å². The normalized spacial score (nSPS) is 40.0. The fourth-order valence-corrected chi connectivity index (χ4v) is 5.72. The maximum absolute atomic E-state index is 3.96. The molecule has 0 saturated heterocycles. The molecule has 1 N–H and O–H groups in total. The Morgan fingerprint density at radius 3 is 2.40 bits per heavy atom. The number of likely N-dealkylation sites (N-methyl/N-ethyl adjacent to an activating group) is 1. The van der Waals surface area contributed by atoms with E-state index in [4.69, 9.17) is 0 Å². The van der Waals surface area contributed by atoms with Crippen molar-refractivity contribution in [1.29, 1.82) is 0 Å². The van der Waals surface area contributed by atoms with Crippen LogP contribution in [0.5, 0.6) is 0 Å². The highest BCUT2D eigenvalue weighted by molar-refractivity contribution is 5.12. The average Bonchev–Trinajstić information content (AvgIpc) is 3.05. The zero-order chi connectivity index (χ0) is 14.4. The Hall–Kier alpha value is -0.0800. The number of hydrogen-bond acceptors (Lipinski definition) is 2. The standard InChI is InChI=1S/C18H34N2/c1-17(2)14-9-10-18(3,13-14)16(17)19-11-12-20(4)15-7-5-6-8-15/h14-16,19H,5-13H2,1-4H3. The van der Waals surface area contributed by atoms with Gasteiger partial charge in [-0.1, -0.05) is 33.6 Å². The van der Waals surface area contributed by atoms with E-state index in [0.29, 0.717) is 10.8 Å². The minimum Gasteiger partial charge on any atom is -0.312 e. The van der Waals surface area contributed by atoms with Gasteiger partial charge in [0.25, 0.3) is 0 Å². The van der Waals surface area contributed by atoms with E-state index in [1.165, 1.54) is 58.0 Å². The van der Waals surface area contributed by atoms with Gasteiger partial charge in [0.2, 0.25) is 0 Å². The van der Waals surface area contributed by atoms with Crippen molar-refractivity contribution in [2.24, 2.45) is 16.7 Å². The molecule has 2 bridgehead atoms. The fraction of sp³-hybridized carbons (Fsp3) is 1.00. The molecular formula is C18H34N2. The lowest BCUT2D eigenvalue weighted by molar-refractivity contribution is 0.105.